The van der Waals surface area contributed by atoms with E-state index in [1.807, 2.05) is 18.2 Å². The molecule has 0 atom stereocenters. The van der Waals surface area contributed by atoms with Gasteiger partial charge in [0.15, 0.2) is 0 Å². The van der Waals surface area contributed by atoms with Gasteiger partial charge < -0.3 is 5.32 Å². The molecule has 3 rings (SSSR count). The normalized spacial score (nSPS) is 9.78. The minimum absolute atomic E-state index is 0. The molecule has 18 heavy (non-hydrogen) atoms. The van der Waals surface area contributed by atoms with Gasteiger partial charge in [0.1, 0.15) is 0 Å². The molecule has 0 fully saturated rings. The predicted molar refractivity (Wildman–Crippen MR) is 82.2 cm³/mol. The quantitative estimate of drug-likeness (QED) is 0.694. The Bertz CT molecular complexity index is 629. The molecule has 1 nitrogen and oxygen atoms in total. The summed E-state index contributed by atoms with van der Waals surface area (Å²) in [6.07, 6.45) is 0. The number of nitrogens with one attached hydrogen (secondary N) is 1. The summed E-state index contributed by atoms with van der Waals surface area (Å²) in [7, 11) is 0. The molecule has 0 saturated carbocycles. The Morgan fingerprint density at radius 3 is 2.11 bits per heavy atom. The molecule has 1 N–H and O–H groups in total. The van der Waals surface area contributed by atoms with Crippen LogP contribution in [0.2, 0.25) is 0 Å². The molecular formula is C16H15CaN. The van der Waals surface area contributed by atoms with Gasteiger partial charge in [0, 0.05) is 16.8 Å². The van der Waals surface area contributed by atoms with E-state index in [-0.39, 0.29) is 37.7 Å². The van der Waals surface area contributed by atoms with E-state index >= 15 is 0 Å². The van der Waals surface area contributed by atoms with Gasteiger partial charge >= 0.3 is 37.7 Å². The molecule has 0 heterocycles. The fraction of sp³-hybridized carbons (Fsp3) is 0. The van der Waals surface area contributed by atoms with Crippen LogP contribution in [0.25, 0.3) is 10.8 Å². The van der Waals surface area contributed by atoms with Crippen molar-refractivity contribution in [2.75, 3.05) is 5.32 Å². The topological polar surface area (TPSA) is 12.0 Å². The number of anilines is 2. The monoisotopic (exact) mass is 261 g/mol. The van der Waals surface area contributed by atoms with E-state index in [4.69, 9.17) is 0 Å². The molecule has 0 radical (unpaired) electrons. The minimum atomic E-state index is 0. The smallest absolute Gasteiger partial charge is 0.0463 e. The van der Waals surface area contributed by atoms with Gasteiger partial charge in [-0.1, -0.05) is 54.6 Å². The van der Waals surface area contributed by atoms with Crippen LogP contribution in [0.15, 0.2) is 72.8 Å². The maximum absolute atomic E-state index is 3.45. The molecule has 3 aromatic carbocycles. The van der Waals surface area contributed by atoms with Crippen LogP contribution in [0.4, 0.5) is 11.4 Å². The van der Waals surface area contributed by atoms with Crippen LogP contribution >= 0.6 is 0 Å². The minimum Gasteiger partial charge on any atom is -0.355 e. The largest absolute Gasteiger partial charge is 0.355 e. The third kappa shape index (κ3) is 2.86. The van der Waals surface area contributed by atoms with Gasteiger partial charge in [-0.25, -0.2) is 0 Å². The Morgan fingerprint density at radius 2 is 1.28 bits per heavy atom. The van der Waals surface area contributed by atoms with Crippen LogP contribution in [0, 0.1) is 0 Å². The van der Waals surface area contributed by atoms with E-state index in [0.29, 0.717) is 0 Å². The summed E-state index contributed by atoms with van der Waals surface area (Å²) >= 11 is 0. The third-order valence-corrected chi connectivity index (χ3v) is 2.84. The van der Waals surface area contributed by atoms with E-state index in [0.717, 1.165) is 11.4 Å². The van der Waals surface area contributed by atoms with Gasteiger partial charge in [-0.15, -0.1) is 0 Å². The second-order valence-electron chi connectivity index (χ2n) is 4.02. The second-order valence-corrected chi connectivity index (χ2v) is 4.02. The molecule has 0 spiro atoms. The Kier molecular flexibility index (Phi) is 4.65. The summed E-state index contributed by atoms with van der Waals surface area (Å²) in [6.45, 7) is 0. The summed E-state index contributed by atoms with van der Waals surface area (Å²) in [5.74, 6) is 0. The van der Waals surface area contributed by atoms with Crippen molar-refractivity contribution < 1.29 is 0 Å². The summed E-state index contributed by atoms with van der Waals surface area (Å²) < 4.78 is 0. The van der Waals surface area contributed by atoms with Gasteiger partial charge in [-0.3, -0.25) is 0 Å². The first-order valence-electron chi connectivity index (χ1n) is 5.73. The first kappa shape index (κ1) is 13.4. The first-order valence-corrected chi connectivity index (χ1v) is 5.73. The van der Waals surface area contributed by atoms with Crippen molar-refractivity contribution in [3.8, 4) is 0 Å². The number of fused-ring (bicyclic) bond motifs is 1. The van der Waals surface area contributed by atoms with Crippen LogP contribution < -0.4 is 5.32 Å². The van der Waals surface area contributed by atoms with Gasteiger partial charge in [0.25, 0.3) is 0 Å². The van der Waals surface area contributed by atoms with Crippen LogP contribution in [0.3, 0.4) is 0 Å². The maximum Gasteiger partial charge on any atom is 0.0463 e. The third-order valence-electron chi connectivity index (χ3n) is 2.84. The van der Waals surface area contributed by atoms with Gasteiger partial charge in [0.2, 0.25) is 0 Å². The average Bonchev–Trinajstić information content (AvgIpc) is 2.40. The van der Waals surface area contributed by atoms with Gasteiger partial charge in [-0.05, 0) is 23.6 Å². The Hall–Kier alpha value is -1.02. The number of hydrogen-bond acceptors (Lipinski definition) is 1. The van der Waals surface area contributed by atoms with Crippen molar-refractivity contribution in [2.24, 2.45) is 0 Å². The second kappa shape index (κ2) is 6.24. The fourth-order valence-electron chi connectivity index (χ4n) is 2.01. The van der Waals surface area contributed by atoms with Crippen LogP contribution in [-0.4, -0.2) is 37.7 Å². The number of rotatable bonds is 2. The first-order chi connectivity index (χ1) is 8.43. The van der Waals surface area contributed by atoms with E-state index in [1.165, 1.54) is 10.8 Å². The summed E-state index contributed by atoms with van der Waals surface area (Å²) in [5.41, 5.74) is 2.26. The molecule has 0 aliphatic heterocycles. The molecule has 0 aromatic heterocycles. The summed E-state index contributed by atoms with van der Waals surface area (Å²) in [5, 5.41) is 5.95. The molecule has 0 bridgehead atoms. The van der Waals surface area contributed by atoms with Crippen LogP contribution in [-0.2, 0) is 0 Å². The predicted octanol–water partition coefficient (Wildman–Crippen LogP) is 3.67. The molecule has 0 saturated heterocycles. The Labute approximate surface area is 137 Å². The molecule has 0 amide bonds. The van der Waals surface area contributed by atoms with Crippen molar-refractivity contribution >= 4 is 59.9 Å². The van der Waals surface area contributed by atoms with E-state index in [2.05, 4.69) is 59.9 Å². The van der Waals surface area contributed by atoms with Crippen molar-refractivity contribution in [3.05, 3.63) is 72.8 Å². The molecule has 0 unspecified atom stereocenters. The average molecular weight is 261 g/mol. The number of benzene rings is 3. The standard InChI is InChI=1S/C16H13N.Ca.2H/c1-2-9-14(10-3-1)17-16-12-6-8-13-7-4-5-11-15(13)16;;;/h1-12,17H;;;. The molecule has 0 aliphatic rings. The maximum atomic E-state index is 3.45. The molecule has 86 valence electrons. The summed E-state index contributed by atoms with van der Waals surface area (Å²) in [4.78, 5) is 0. The van der Waals surface area contributed by atoms with Gasteiger partial charge in [0.05, 0.1) is 0 Å². The van der Waals surface area contributed by atoms with Gasteiger partial charge in [-0.2, -0.15) is 0 Å². The number of hydrogen-bond donors (Lipinski definition) is 1. The van der Waals surface area contributed by atoms with E-state index in [9.17, 15) is 0 Å². The molecule has 0 aliphatic carbocycles. The zero-order chi connectivity index (χ0) is 11.5. The zero-order valence-electron chi connectivity index (χ0n) is 9.43. The van der Waals surface area contributed by atoms with Crippen molar-refractivity contribution in [2.45, 2.75) is 0 Å². The number of para-hydroxylation sites is 1. The SMILES string of the molecule is [CaH2].c1ccc(Nc2cccc3ccccc23)cc1. The van der Waals surface area contributed by atoms with E-state index in [1.54, 1.807) is 0 Å². The molecular weight excluding hydrogens is 246 g/mol. The van der Waals surface area contributed by atoms with Crippen LogP contribution in [0.5, 0.6) is 0 Å². The van der Waals surface area contributed by atoms with Crippen molar-refractivity contribution in [1.29, 1.82) is 0 Å². The fourth-order valence-corrected chi connectivity index (χ4v) is 2.01. The van der Waals surface area contributed by atoms with Crippen LogP contribution in [0.1, 0.15) is 0 Å². The molecule has 3 aromatic rings. The van der Waals surface area contributed by atoms with E-state index < -0.39 is 0 Å². The molecule has 2 heteroatoms. The van der Waals surface area contributed by atoms with Crippen molar-refractivity contribution in [1.82, 2.24) is 0 Å². The Morgan fingerprint density at radius 1 is 0.611 bits per heavy atom. The van der Waals surface area contributed by atoms with Crippen molar-refractivity contribution in [3.63, 3.8) is 0 Å². The Balaban J connectivity index is 0.00000120. The summed E-state index contributed by atoms with van der Waals surface area (Å²) in [6, 6.07) is 25.0. The zero-order valence-corrected chi connectivity index (χ0v) is 9.43.